The molecule has 2 aromatic heterocycles. The molecule has 0 aliphatic heterocycles. The average Bonchev–Trinajstić information content (AvgIpc) is 3.76. The smallest absolute Gasteiger partial charge is 0.187 e. The van der Waals surface area contributed by atoms with E-state index in [9.17, 15) is 0 Å². The van der Waals surface area contributed by atoms with Gasteiger partial charge in [-0.05, 0) is 87.3 Å². The zero-order valence-corrected chi connectivity index (χ0v) is 30.1. The Morgan fingerprint density at radius 1 is 0.491 bits per heavy atom. The van der Waals surface area contributed by atoms with Crippen LogP contribution >= 0.6 is 0 Å². The molecule has 9 aromatic rings. The van der Waals surface area contributed by atoms with E-state index in [4.69, 9.17) is 25.9 Å². The van der Waals surface area contributed by atoms with Gasteiger partial charge in [-0.25, -0.2) is 19.8 Å². The Bertz CT molecular complexity index is 3040. The predicted molar refractivity (Wildman–Crippen MR) is 222 cm³/mol. The maximum atomic E-state index is 7.79. The monoisotopic (exact) mass is 706 g/mol. The van der Waals surface area contributed by atoms with Crippen LogP contribution in [0.5, 0.6) is 0 Å². The fraction of sp³-hybridized carbons (Fsp3) is 0.120. The average molecular weight is 707 g/mol. The lowest BCUT2D eigenvalue weighted by molar-refractivity contribution is 0.353. The number of nitrogens with zero attached hydrogens (tertiary/aromatic N) is 4. The summed E-state index contributed by atoms with van der Waals surface area (Å²) in [6.45, 7) is 7.79. The van der Waals surface area contributed by atoms with Crippen molar-refractivity contribution in [2.45, 2.75) is 37.5 Å². The molecule has 0 unspecified atom stereocenters. The van der Waals surface area contributed by atoms with Crippen LogP contribution in [0.4, 0.5) is 5.69 Å². The molecular formula is C50H34N4O. The summed E-state index contributed by atoms with van der Waals surface area (Å²) in [4.78, 5) is 19.1. The second kappa shape index (κ2) is 12.3. The first-order valence-electron chi connectivity index (χ1n) is 19.1. The molecule has 5 heteroatoms. The summed E-state index contributed by atoms with van der Waals surface area (Å²) >= 11 is 0. The van der Waals surface area contributed by atoms with Crippen LogP contribution in [0.1, 0.15) is 43.2 Å². The molecule has 2 aliphatic carbocycles. The van der Waals surface area contributed by atoms with Gasteiger partial charge >= 0.3 is 0 Å². The predicted octanol–water partition coefficient (Wildman–Crippen LogP) is 13.4. The van der Waals surface area contributed by atoms with Gasteiger partial charge < -0.3 is 4.42 Å². The zero-order chi connectivity index (χ0) is 36.5. The van der Waals surface area contributed by atoms with Crippen molar-refractivity contribution < 1.29 is 4.42 Å². The molecule has 2 aliphatic rings. The van der Waals surface area contributed by atoms with E-state index in [-0.39, 0.29) is 5.41 Å². The van der Waals surface area contributed by atoms with Crippen LogP contribution in [0.15, 0.2) is 150 Å². The lowest BCUT2D eigenvalue weighted by atomic mass is 9.67. The molecule has 0 saturated heterocycles. The van der Waals surface area contributed by atoms with Gasteiger partial charge in [0.1, 0.15) is 11.2 Å². The topological polar surface area (TPSA) is 56.2 Å². The van der Waals surface area contributed by atoms with E-state index in [0.717, 1.165) is 62.4 Å². The minimum atomic E-state index is 0.0191. The number of rotatable bonds is 4. The van der Waals surface area contributed by atoms with Crippen molar-refractivity contribution >= 4 is 38.4 Å². The van der Waals surface area contributed by atoms with Crippen LogP contribution in [0.2, 0.25) is 0 Å². The molecular weight excluding hydrogens is 673 g/mol. The SMILES string of the molecule is [C-]#[N+]c1ccc2c(c1)-c1c(-c3ccc(-c4nc(-c5ccc6ccccc6c5)nc(-c5ccc6c(c5)oc5ccccc56)n4)cc3)cccc1C21CCCCC1. The van der Waals surface area contributed by atoms with Crippen LogP contribution < -0.4 is 0 Å². The van der Waals surface area contributed by atoms with Gasteiger partial charge in [0, 0.05) is 32.9 Å². The fourth-order valence-corrected chi connectivity index (χ4v) is 9.30. The second-order valence-corrected chi connectivity index (χ2v) is 15.0. The Balaban J connectivity index is 1.04. The molecule has 1 saturated carbocycles. The van der Waals surface area contributed by atoms with Crippen LogP contribution in [0, 0.1) is 6.57 Å². The third-order valence-electron chi connectivity index (χ3n) is 11.9. The molecule has 1 spiro atoms. The Morgan fingerprint density at radius 3 is 1.98 bits per heavy atom. The summed E-state index contributed by atoms with van der Waals surface area (Å²) in [6.07, 6.45) is 6.03. The fourth-order valence-electron chi connectivity index (χ4n) is 9.30. The van der Waals surface area contributed by atoms with Gasteiger partial charge in [-0.1, -0.05) is 135 Å². The lowest BCUT2D eigenvalue weighted by Gasteiger charge is -2.36. The van der Waals surface area contributed by atoms with Gasteiger partial charge in [-0.2, -0.15) is 0 Å². The summed E-state index contributed by atoms with van der Waals surface area (Å²) in [5, 5.41) is 4.45. The van der Waals surface area contributed by atoms with Crippen molar-refractivity contribution in [1.29, 1.82) is 0 Å². The summed E-state index contributed by atoms with van der Waals surface area (Å²) in [7, 11) is 0. The van der Waals surface area contributed by atoms with Crippen LogP contribution in [-0.4, -0.2) is 15.0 Å². The molecule has 0 atom stereocenters. The first-order valence-corrected chi connectivity index (χ1v) is 19.1. The molecule has 0 bridgehead atoms. The van der Waals surface area contributed by atoms with Gasteiger partial charge in [0.05, 0.1) is 6.57 Å². The number of hydrogen-bond donors (Lipinski definition) is 0. The standard InChI is InChI=1S/C50H34N4O/c1-51-37-23-25-42-41(30-37)46-38(13-9-14-43(46)50(42)26-7-2-8-27-50)32-17-19-33(20-18-32)47-52-48(35-21-16-31-10-3-4-11-34(31)28-35)54-49(53-47)36-22-24-40-39-12-5-6-15-44(39)55-45(40)29-36/h3-6,9-25,28-30H,2,7-8,26-27H2. The Labute approximate surface area is 318 Å². The van der Waals surface area contributed by atoms with E-state index < -0.39 is 0 Å². The number of hydrogen-bond acceptors (Lipinski definition) is 4. The minimum Gasteiger partial charge on any atom is -0.456 e. The van der Waals surface area contributed by atoms with Gasteiger partial charge in [-0.3, -0.25) is 0 Å². The highest BCUT2D eigenvalue weighted by Crippen LogP contribution is 2.58. The number of furan rings is 1. The van der Waals surface area contributed by atoms with Gasteiger partial charge in [0.2, 0.25) is 0 Å². The van der Waals surface area contributed by atoms with Crippen molar-refractivity contribution in [3.05, 3.63) is 168 Å². The quantitative estimate of drug-likeness (QED) is 0.171. The first-order chi connectivity index (χ1) is 27.1. The van der Waals surface area contributed by atoms with Gasteiger partial charge in [-0.15, -0.1) is 0 Å². The highest BCUT2D eigenvalue weighted by atomic mass is 16.3. The van der Waals surface area contributed by atoms with E-state index in [1.807, 2.05) is 30.3 Å². The van der Waals surface area contributed by atoms with E-state index in [1.54, 1.807) is 0 Å². The van der Waals surface area contributed by atoms with Crippen molar-refractivity contribution in [2.24, 2.45) is 0 Å². The van der Waals surface area contributed by atoms with E-state index >= 15 is 0 Å². The molecule has 5 nitrogen and oxygen atoms in total. The number of fused-ring (bicyclic) bond motifs is 9. The molecule has 1 fully saturated rings. The number of benzene rings is 7. The molecule has 0 amide bonds. The van der Waals surface area contributed by atoms with Gasteiger partial charge in [0.25, 0.3) is 0 Å². The summed E-state index contributed by atoms with van der Waals surface area (Å²) in [5.41, 5.74) is 12.7. The molecule has 0 radical (unpaired) electrons. The van der Waals surface area contributed by atoms with E-state index in [2.05, 4.69) is 120 Å². The maximum Gasteiger partial charge on any atom is 0.187 e. The normalized spacial score (nSPS) is 14.3. The number of aromatic nitrogens is 3. The maximum absolute atomic E-state index is 7.79. The van der Waals surface area contributed by atoms with E-state index in [1.165, 1.54) is 52.5 Å². The van der Waals surface area contributed by atoms with Gasteiger partial charge in [0.15, 0.2) is 23.2 Å². The second-order valence-electron chi connectivity index (χ2n) is 15.0. The van der Waals surface area contributed by atoms with Crippen molar-refractivity contribution in [1.82, 2.24) is 15.0 Å². The Hall–Kier alpha value is -6.90. The van der Waals surface area contributed by atoms with Crippen LogP contribution in [0.3, 0.4) is 0 Å². The molecule has 55 heavy (non-hydrogen) atoms. The van der Waals surface area contributed by atoms with Crippen molar-refractivity contribution in [3.8, 4) is 56.4 Å². The lowest BCUT2D eigenvalue weighted by Crippen LogP contribution is -2.27. The molecule has 0 N–H and O–H groups in total. The minimum absolute atomic E-state index is 0.0191. The highest BCUT2D eigenvalue weighted by molar-refractivity contribution is 6.05. The molecule has 2 heterocycles. The summed E-state index contributed by atoms with van der Waals surface area (Å²) in [6, 6.07) is 50.8. The zero-order valence-electron chi connectivity index (χ0n) is 30.1. The van der Waals surface area contributed by atoms with Crippen LogP contribution in [0.25, 0.3) is 94.0 Å². The van der Waals surface area contributed by atoms with E-state index in [0.29, 0.717) is 23.2 Å². The molecule has 260 valence electrons. The third kappa shape index (κ3) is 5.02. The molecule has 7 aromatic carbocycles. The largest absolute Gasteiger partial charge is 0.456 e. The Kier molecular flexibility index (Phi) is 7.09. The Morgan fingerprint density at radius 2 is 1.16 bits per heavy atom. The highest BCUT2D eigenvalue weighted by Gasteiger charge is 2.44. The van der Waals surface area contributed by atoms with Crippen LogP contribution in [-0.2, 0) is 5.41 Å². The van der Waals surface area contributed by atoms with Crippen molar-refractivity contribution in [3.63, 3.8) is 0 Å². The number of para-hydroxylation sites is 1. The first kappa shape index (κ1) is 31.6. The molecule has 11 rings (SSSR count). The summed E-state index contributed by atoms with van der Waals surface area (Å²) in [5.74, 6) is 1.81. The third-order valence-corrected chi connectivity index (χ3v) is 11.9. The summed E-state index contributed by atoms with van der Waals surface area (Å²) < 4.78 is 6.27. The van der Waals surface area contributed by atoms with Crippen molar-refractivity contribution in [2.75, 3.05) is 0 Å².